The highest BCUT2D eigenvalue weighted by Crippen LogP contribution is 2.18. The highest BCUT2D eigenvalue weighted by molar-refractivity contribution is 9.10. The van der Waals surface area contributed by atoms with E-state index in [2.05, 4.69) is 21.2 Å². The van der Waals surface area contributed by atoms with Crippen LogP contribution in [0.5, 0.6) is 0 Å². The first-order chi connectivity index (χ1) is 8.99. The van der Waals surface area contributed by atoms with Crippen LogP contribution >= 0.6 is 15.9 Å². The molecule has 3 N–H and O–H groups in total. The van der Waals surface area contributed by atoms with Gasteiger partial charge in [0.25, 0.3) is 5.91 Å². The van der Waals surface area contributed by atoms with Crippen molar-refractivity contribution >= 4 is 27.5 Å². The first kappa shape index (κ1) is 13.7. The normalized spacial score (nSPS) is 10.5. The van der Waals surface area contributed by atoms with Gasteiger partial charge in [0.15, 0.2) is 0 Å². The van der Waals surface area contributed by atoms with Crippen LogP contribution in [0, 0.1) is 6.92 Å². The number of nitrogen functional groups attached to an aromatic ring is 1. The topological polar surface area (TPSA) is 60.1 Å². The molecule has 5 heteroatoms. The van der Waals surface area contributed by atoms with Crippen LogP contribution < -0.4 is 11.1 Å². The summed E-state index contributed by atoms with van der Waals surface area (Å²) < 4.78 is 2.91. The second-order valence-electron chi connectivity index (χ2n) is 4.44. The van der Waals surface area contributed by atoms with Gasteiger partial charge in [-0.25, -0.2) is 0 Å². The van der Waals surface area contributed by atoms with E-state index < -0.39 is 0 Å². The first-order valence-corrected chi connectivity index (χ1v) is 6.73. The molecule has 0 bridgehead atoms. The third-order valence-corrected chi connectivity index (χ3v) is 3.66. The Hall–Kier alpha value is -1.75. The number of benzene rings is 1. The molecule has 100 valence electrons. The number of carbonyl (C=O) groups is 1. The lowest BCUT2D eigenvalue weighted by atomic mass is 10.1. The van der Waals surface area contributed by atoms with Gasteiger partial charge < -0.3 is 15.6 Å². The van der Waals surface area contributed by atoms with Crippen molar-refractivity contribution in [1.29, 1.82) is 0 Å². The zero-order valence-corrected chi connectivity index (χ0v) is 12.5. The van der Waals surface area contributed by atoms with Gasteiger partial charge in [0, 0.05) is 28.6 Å². The molecule has 0 aliphatic rings. The summed E-state index contributed by atoms with van der Waals surface area (Å²) in [5.41, 5.74) is 9.01. The Morgan fingerprint density at radius 1 is 1.37 bits per heavy atom. The van der Waals surface area contributed by atoms with Gasteiger partial charge >= 0.3 is 0 Å². The lowest BCUT2D eigenvalue weighted by Gasteiger charge is -2.09. The van der Waals surface area contributed by atoms with Gasteiger partial charge in [0.1, 0.15) is 0 Å². The molecule has 0 radical (unpaired) electrons. The van der Waals surface area contributed by atoms with Crippen molar-refractivity contribution in [3.8, 4) is 0 Å². The van der Waals surface area contributed by atoms with E-state index in [1.54, 1.807) is 18.2 Å². The Labute approximate surface area is 120 Å². The van der Waals surface area contributed by atoms with Crippen LogP contribution in [-0.4, -0.2) is 10.5 Å². The molecule has 1 aromatic carbocycles. The second-order valence-corrected chi connectivity index (χ2v) is 5.35. The van der Waals surface area contributed by atoms with Gasteiger partial charge in [-0.05, 0) is 37.3 Å². The number of hydrogen-bond donors (Lipinski definition) is 2. The van der Waals surface area contributed by atoms with E-state index in [-0.39, 0.29) is 5.91 Å². The van der Waals surface area contributed by atoms with Gasteiger partial charge in [-0.1, -0.05) is 15.9 Å². The summed E-state index contributed by atoms with van der Waals surface area (Å²) in [6.07, 6.45) is 0. The molecule has 0 spiro atoms. The Kier molecular flexibility index (Phi) is 3.95. The molecule has 19 heavy (non-hydrogen) atoms. The molecule has 4 nitrogen and oxygen atoms in total. The van der Waals surface area contributed by atoms with Crippen molar-refractivity contribution in [3.05, 3.63) is 51.8 Å². The number of hydrogen-bond acceptors (Lipinski definition) is 2. The molecule has 0 unspecified atom stereocenters. The Balaban J connectivity index is 2.07. The van der Waals surface area contributed by atoms with Crippen molar-refractivity contribution in [2.45, 2.75) is 13.5 Å². The van der Waals surface area contributed by atoms with E-state index in [4.69, 9.17) is 5.73 Å². The zero-order valence-electron chi connectivity index (χ0n) is 10.9. The summed E-state index contributed by atoms with van der Waals surface area (Å²) in [5.74, 6) is -0.163. The Morgan fingerprint density at radius 2 is 2.11 bits per heavy atom. The highest BCUT2D eigenvalue weighted by atomic mass is 79.9. The van der Waals surface area contributed by atoms with Crippen molar-refractivity contribution in [3.63, 3.8) is 0 Å². The van der Waals surface area contributed by atoms with Crippen LogP contribution in [0.3, 0.4) is 0 Å². The third-order valence-electron chi connectivity index (χ3n) is 3.17. The summed E-state index contributed by atoms with van der Waals surface area (Å²) in [4.78, 5) is 12.1. The average Bonchev–Trinajstić information content (AvgIpc) is 2.67. The minimum Gasteiger partial charge on any atom is -0.398 e. The minimum absolute atomic E-state index is 0.163. The summed E-state index contributed by atoms with van der Waals surface area (Å²) in [6.45, 7) is 2.51. The SMILES string of the molecule is Cc1ccc(CNC(=O)c2ccc(Br)cc2N)n1C. The Bertz CT molecular complexity index is 619. The van der Waals surface area contributed by atoms with Gasteiger partial charge in [-0.15, -0.1) is 0 Å². The van der Waals surface area contributed by atoms with Gasteiger partial charge in [0.05, 0.1) is 12.1 Å². The van der Waals surface area contributed by atoms with E-state index >= 15 is 0 Å². The number of halogens is 1. The molecule has 0 atom stereocenters. The largest absolute Gasteiger partial charge is 0.398 e. The molecule has 2 aromatic rings. The average molecular weight is 322 g/mol. The maximum absolute atomic E-state index is 12.1. The second kappa shape index (κ2) is 5.48. The standard InChI is InChI=1S/C14H16BrN3O/c1-9-3-5-11(18(9)2)8-17-14(19)12-6-4-10(15)7-13(12)16/h3-7H,8,16H2,1-2H3,(H,17,19). The van der Waals surface area contributed by atoms with E-state index in [0.717, 1.165) is 15.9 Å². The number of amides is 1. The number of carbonyl (C=O) groups excluding carboxylic acids is 1. The predicted molar refractivity (Wildman–Crippen MR) is 79.9 cm³/mol. The minimum atomic E-state index is -0.163. The van der Waals surface area contributed by atoms with Crippen molar-refractivity contribution in [2.75, 3.05) is 5.73 Å². The van der Waals surface area contributed by atoms with Gasteiger partial charge in [-0.2, -0.15) is 0 Å². The third kappa shape index (κ3) is 2.98. The van der Waals surface area contributed by atoms with Gasteiger partial charge in [0.2, 0.25) is 0 Å². The van der Waals surface area contributed by atoms with Gasteiger partial charge in [-0.3, -0.25) is 4.79 Å². The summed E-state index contributed by atoms with van der Waals surface area (Å²) in [7, 11) is 1.98. The number of rotatable bonds is 3. The van der Waals surface area contributed by atoms with Crippen LogP contribution in [0.1, 0.15) is 21.7 Å². The monoisotopic (exact) mass is 321 g/mol. The lowest BCUT2D eigenvalue weighted by Crippen LogP contribution is -2.24. The molecule has 1 heterocycles. The fraction of sp³-hybridized carbons (Fsp3) is 0.214. The number of nitrogens with zero attached hydrogens (tertiary/aromatic N) is 1. The highest BCUT2D eigenvalue weighted by Gasteiger charge is 2.10. The molecule has 2 rings (SSSR count). The molecule has 0 saturated heterocycles. The summed E-state index contributed by atoms with van der Waals surface area (Å²) in [6, 6.07) is 9.26. The Morgan fingerprint density at radius 3 is 2.68 bits per heavy atom. The lowest BCUT2D eigenvalue weighted by molar-refractivity contribution is 0.0951. The molecule has 0 saturated carbocycles. The van der Waals surface area contributed by atoms with Crippen LogP contribution in [0.4, 0.5) is 5.69 Å². The summed E-state index contributed by atoms with van der Waals surface area (Å²) in [5, 5.41) is 2.87. The fourth-order valence-electron chi connectivity index (χ4n) is 1.85. The van der Waals surface area contributed by atoms with E-state index in [1.807, 2.05) is 30.7 Å². The number of aromatic nitrogens is 1. The van der Waals surface area contributed by atoms with Crippen molar-refractivity contribution in [2.24, 2.45) is 7.05 Å². The molecule has 1 amide bonds. The van der Waals surface area contributed by atoms with Crippen molar-refractivity contribution in [1.82, 2.24) is 9.88 Å². The fourth-order valence-corrected chi connectivity index (χ4v) is 2.23. The van der Waals surface area contributed by atoms with Crippen LogP contribution in [-0.2, 0) is 13.6 Å². The maximum atomic E-state index is 12.1. The summed E-state index contributed by atoms with van der Waals surface area (Å²) >= 11 is 3.32. The molecular weight excluding hydrogens is 306 g/mol. The van der Waals surface area contributed by atoms with Crippen LogP contribution in [0.25, 0.3) is 0 Å². The van der Waals surface area contributed by atoms with Crippen LogP contribution in [0.2, 0.25) is 0 Å². The smallest absolute Gasteiger partial charge is 0.253 e. The van der Waals surface area contributed by atoms with Crippen molar-refractivity contribution < 1.29 is 4.79 Å². The van der Waals surface area contributed by atoms with E-state index in [9.17, 15) is 4.79 Å². The number of nitrogens with two attached hydrogens (primary N) is 1. The van der Waals surface area contributed by atoms with E-state index in [0.29, 0.717) is 17.8 Å². The molecule has 0 aliphatic carbocycles. The molecule has 0 aliphatic heterocycles. The molecular formula is C14H16BrN3O. The number of anilines is 1. The number of aryl methyl sites for hydroxylation is 1. The quantitative estimate of drug-likeness (QED) is 0.854. The van der Waals surface area contributed by atoms with Crippen LogP contribution in [0.15, 0.2) is 34.8 Å². The number of nitrogens with one attached hydrogen (secondary N) is 1. The maximum Gasteiger partial charge on any atom is 0.253 e. The van der Waals surface area contributed by atoms with E-state index in [1.165, 1.54) is 0 Å². The molecule has 1 aromatic heterocycles. The first-order valence-electron chi connectivity index (χ1n) is 5.93. The predicted octanol–water partition coefficient (Wildman–Crippen LogP) is 2.61. The molecule has 0 fully saturated rings. The zero-order chi connectivity index (χ0) is 14.0.